The zero-order chi connectivity index (χ0) is 19.6. The summed E-state index contributed by atoms with van der Waals surface area (Å²) >= 11 is 0. The standard InChI is InChI=1S/C24H26N4O/c29-24(27-16-14-26(15-17-27)18-19-8-3-1-4-9-19)23-21-12-7-13-22(21)28(25-23)20-10-5-2-6-11-20/h1-6,8-11H,7,12-18H2. The van der Waals surface area contributed by atoms with Crippen LogP contribution in [0.5, 0.6) is 0 Å². The first-order valence-electron chi connectivity index (χ1n) is 10.5. The summed E-state index contributed by atoms with van der Waals surface area (Å²) in [5, 5.41) is 4.78. The number of benzene rings is 2. The zero-order valence-corrected chi connectivity index (χ0v) is 16.6. The predicted octanol–water partition coefficient (Wildman–Crippen LogP) is 3.32. The molecule has 2 heterocycles. The van der Waals surface area contributed by atoms with Crippen LogP contribution in [0.15, 0.2) is 60.7 Å². The lowest BCUT2D eigenvalue weighted by Crippen LogP contribution is -2.48. The van der Waals surface area contributed by atoms with Gasteiger partial charge >= 0.3 is 0 Å². The van der Waals surface area contributed by atoms with E-state index in [2.05, 4.69) is 41.3 Å². The second-order valence-corrected chi connectivity index (χ2v) is 7.93. The van der Waals surface area contributed by atoms with Crippen molar-refractivity contribution in [3.05, 3.63) is 83.2 Å². The van der Waals surface area contributed by atoms with E-state index in [1.54, 1.807) is 0 Å². The Balaban J connectivity index is 1.31. The first-order valence-corrected chi connectivity index (χ1v) is 10.5. The molecule has 5 heteroatoms. The quantitative estimate of drug-likeness (QED) is 0.691. The van der Waals surface area contributed by atoms with Gasteiger partial charge in [-0.3, -0.25) is 9.69 Å². The second-order valence-electron chi connectivity index (χ2n) is 7.93. The van der Waals surface area contributed by atoms with Crippen LogP contribution >= 0.6 is 0 Å². The molecule has 0 spiro atoms. The molecule has 0 atom stereocenters. The molecule has 2 aliphatic rings. The highest BCUT2D eigenvalue weighted by atomic mass is 16.2. The lowest BCUT2D eigenvalue weighted by molar-refractivity contribution is 0.0621. The summed E-state index contributed by atoms with van der Waals surface area (Å²) in [6.45, 7) is 4.28. The van der Waals surface area contributed by atoms with E-state index in [0.29, 0.717) is 5.69 Å². The molecule has 1 aliphatic carbocycles. The maximum atomic E-state index is 13.3. The van der Waals surface area contributed by atoms with Crippen LogP contribution in [0.3, 0.4) is 0 Å². The molecule has 0 bridgehead atoms. The van der Waals surface area contributed by atoms with Crippen LogP contribution in [0.4, 0.5) is 0 Å². The Bertz CT molecular complexity index is 988. The number of piperazine rings is 1. The zero-order valence-electron chi connectivity index (χ0n) is 16.6. The lowest BCUT2D eigenvalue weighted by atomic mass is 10.1. The molecule has 1 fully saturated rings. The Morgan fingerprint density at radius 2 is 1.55 bits per heavy atom. The van der Waals surface area contributed by atoms with Crippen molar-refractivity contribution < 1.29 is 4.79 Å². The Kier molecular flexibility index (Phi) is 4.90. The molecule has 0 unspecified atom stereocenters. The van der Waals surface area contributed by atoms with Gasteiger partial charge in [-0.1, -0.05) is 48.5 Å². The van der Waals surface area contributed by atoms with Crippen molar-refractivity contribution in [1.29, 1.82) is 0 Å². The van der Waals surface area contributed by atoms with E-state index in [1.807, 2.05) is 33.8 Å². The molecule has 0 N–H and O–H groups in total. The van der Waals surface area contributed by atoms with Crippen molar-refractivity contribution in [1.82, 2.24) is 19.6 Å². The lowest BCUT2D eigenvalue weighted by Gasteiger charge is -2.34. The van der Waals surface area contributed by atoms with Gasteiger partial charge in [0.15, 0.2) is 5.69 Å². The summed E-state index contributed by atoms with van der Waals surface area (Å²) in [6, 6.07) is 20.7. The third-order valence-corrected chi connectivity index (χ3v) is 6.04. The van der Waals surface area contributed by atoms with Crippen molar-refractivity contribution in [3.8, 4) is 5.69 Å². The van der Waals surface area contributed by atoms with E-state index in [9.17, 15) is 4.79 Å². The average Bonchev–Trinajstić information content (AvgIpc) is 3.38. The number of para-hydroxylation sites is 1. The summed E-state index contributed by atoms with van der Waals surface area (Å²) in [5.41, 5.74) is 5.40. The molecular formula is C24H26N4O. The fraction of sp³-hybridized carbons (Fsp3) is 0.333. The maximum Gasteiger partial charge on any atom is 0.274 e. The summed E-state index contributed by atoms with van der Waals surface area (Å²) < 4.78 is 1.99. The van der Waals surface area contributed by atoms with E-state index in [4.69, 9.17) is 5.10 Å². The van der Waals surface area contributed by atoms with Crippen LogP contribution < -0.4 is 0 Å². The molecule has 5 rings (SSSR count). The highest BCUT2D eigenvalue weighted by Crippen LogP contribution is 2.28. The van der Waals surface area contributed by atoms with E-state index < -0.39 is 0 Å². The predicted molar refractivity (Wildman–Crippen MR) is 113 cm³/mol. The number of nitrogens with zero attached hydrogens (tertiary/aromatic N) is 4. The molecule has 5 nitrogen and oxygen atoms in total. The van der Waals surface area contributed by atoms with E-state index in [0.717, 1.165) is 63.2 Å². The number of carbonyl (C=O) groups is 1. The molecule has 1 aliphatic heterocycles. The van der Waals surface area contributed by atoms with E-state index in [-0.39, 0.29) is 5.91 Å². The molecule has 0 radical (unpaired) electrons. The minimum atomic E-state index is 0.0946. The Morgan fingerprint density at radius 1 is 0.862 bits per heavy atom. The van der Waals surface area contributed by atoms with Gasteiger partial charge in [0.05, 0.1) is 5.69 Å². The second kappa shape index (κ2) is 7.84. The van der Waals surface area contributed by atoms with Crippen LogP contribution in [0.2, 0.25) is 0 Å². The Morgan fingerprint density at radius 3 is 2.28 bits per heavy atom. The highest BCUT2D eigenvalue weighted by Gasteiger charge is 2.31. The van der Waals surface area contributed by atoms with Crippen LogP contribution in [0, 0.1) is 0 Å². The molecule has 29 heavy (non-hydrogen) atoms. The van der Waals surface area contributed by atoms with Crippen LogP contribution in [-0.2, 0) is 19.4 Å². The van der Waals surface area contributed by atoms with Gasteiger partial charge in [-0.25, -0.2) is 4.68 Å². The van der Waals surface area contributed by atoms with Gasteiger partial charge in [0, 0.05) is 44.0 Å². The minimum Gasteiger partial charge on any atom is -0.335 e. The first kappa shape index (κ1) is 18.1. The number of fused-ring (bicyclic) bond motifs is 1. The molecule has 2 aromatic carbocycles. The van der Waals surface area contributed by atoms with Gasteiger partial charge in [0.1, 0.15) is 0 Å². The SMILES string of the molecule is O=C(c1nn(-c2ccccc2)c2c1CCC2)N1CCN(Cc2ccccc2)CC1. The van der Waals surface area contributed by atoms with Crippen LogP contribution in [-0.4, -0.2) is 51.7 Å². The molecule has 0 saturated carbocycles. The molecule has 1 aromatic heterocycles. The third-order valence-electron chi connectivity index (χ3n) is 6.04. The average molecular weight is 386 g/mol. The fourth-order valence-corrected chi connectivity index (χ4v) is 4.49. The smallest absolute Gasteiger partial charge is 0.274 e. The topological polar surface area (TPSA) is 41.4 Å². The van der Waals surface area contributed by atoms with Gasteiger partial charge in [-0.2, -0.15) is 5.10 Å². The number of rotatable bonds is 4. The van der Waals surface area contributed by atoms with Crippen molar-refractivity contribution in [2.45, 2.75) is 25.8 Å². The summed E-state index contributed by atoms with van der Waals surface area (Å²) in [7, 11) is 0. The number of hydrogen-bond acceptors (Lipinski definition) is 3. The normalized spacial score (nSPS) is 16.8. The number of hydrogen-bond donors (Lipinski definition) is 0. The van der Waals surface area contributed by atoms with Crippen LogP contribution in [0.25, 0.3) is 5.69 Å². The van der Waals surface area contributed by atoms with Gasteiger partial charge in [0.25, 0.3) is 5.91 Å². The molecule has 1 amide bonds. The fourth-order valence-electron chi connectivity index (χ4n) is 4.49. The van der Waals surface area contributed by atoms with Gasteiger partial charge in [-0.05, 0) is 37.0 Å². The highest BCUT2D eigenvalue weighted by molar-refractivity contribution is 5.94. The summed E-state index contributed by atoms with van der Waals surface area (Å²) in [5.74, 6) is 0.0946. The minimum absolute atomic E-state index is 0.0946. The summed E-state index contributed by atoms with van der Waals surface area (Å²) in [6.07, 6.45) is 3.05. The van der Waals surface area contributed by atoms with Crippen LogP contribution in [0.1, 0.15) is 33.7 Å². The monoisotopic (exact) mass is 386 g/mol. The van der Waals surface area contributed by atoms with Crippen molar-refractivity contribution in [3.63, 3.8) is 0 Å². The maximum absolute atomic E-state index is 13.3. The number of aromatic nitrogens is 2. The molecule has 3 aromatic rings. The number of carbonyl (C=O) groups excluding carboxylic acids is 1. The molecular weight excluding hydrogens is 360 g/mol. The first-order chi connectivity index (χ1) is 14.3. The van der Waals surface area contributed by atoms with Gasteiger partial charge in [0.2, 0.25) is 0 Å². The molecule has 1 saturated heterocycles. The Hall–Kier alpha value is -2.92. The van der Waals surface area contributed by atoms with Crippen molar-refractivity contribution in [2.75, 3.05) is 26.2 Å². The Labute approximate surface area is 171 Å². The largest absolute Gasteiger partial charge is 0.335 e. The molecule has 148 valence electrons. The van der Waals surface area contributed by atoms with Gasteiger partial charge in [-0.15, -0.1) is 0 Å². The van der Waals surface area contributed by atoms with Gasteiger partial charge < -0.3 is 4.90 Å². The van der Waals surface area contributed by atoms with E-state index >= 15 is 0 Å². The van der Waals surface area contributed by atoms with Crippen molar-refractivity contribution in [2.24, 2.45) is 0 Å². The van der Waals surface area contributed by atoms with Crippen molar-refractivity contribution >= 4 is 5.91 Å². The third kappa shape index (κ3) is 3.58. The van der Waals surface area contributed by atoms with E-state index in [1.165, 1.54) is 11.3 Å². The summed E-state index contributed by atoms with van der Waals surface area (Å²) in [4.78, 5) is 17.7. The number of amides is 1.